The highest BCUT2D eigenvalue weighted by Gasteiger charge is 2.27. The van der Waals surface area contributed by atoms with Gasteiger partial charge in [0.25, 0.3) is 0 Å². The third kappa shape index (κ3) is 2.97. The van der Waals surface area contributed by atoms with Crippen molar-refractivity contribution in [2.24, 2.45) is 0 Å². The van der Waals surface area contributed by atoms with E-state index < -0.39 is 17.7 Å². The number of aliphatic carboxylic acids is 1. The molecular formula is C14H14FNO4. The van der Waals surface area contributed by atoms with Gasteiger partial charge in [0.2, 0.25) is 0 Å². The van der Waals surface area contributed by atoms with Gasteiger partial charge in [-0.25, -0.2) is 4.39 Å². The van der Waals surface area contributed by atoms with Gasteiger partial charge in [-0.15, -0.1) is 0 Å². The Balaban J connectivity index is 2.46. The maximum absolute atomic E-state index is 13.4. The summed E-state index contributed by atoms with van der Waals surface area (Å²) in [5.74, 6) is -2.38. The van der Waals surface area contributed by atoms with Crippen LogP contribution >= 0.6 is 0 Å². The highest BCUT2D eigenvalue weighted by molar-refractivity contribution is 5.80. The molecule has 1 heterocycles. The number of ether oxygens (including phenoxy) is 2. The van der Waals surface area contributed by atoms with Gasteiger partial charge in [0.05, 0.1) is 0 Å². The number of rotatable bonds is 6. The first-order chi connectivity index (χ1) is 9.63. The molecule has 6 heteroatoms. The third-order valence-electron chi connectivity index (χ3n) is 2.80. The topological polar surface area (TPSA) is 71.6 Å². The van der Waals surface area contributed by atoms with E-state index in [1.165, 1.54) is 19.2 Å². The molecule has 1 atom stereocenters. The first-order valence-corrected chi connectivity index (χ1v) is 5.90. The van der Waals surface area contributed by atoms with Crippen molar-refractivity contribution in [2.75, 3.05) is 13.9 Å². The fourth-order valence-electron chi connectivity index (χ4n) is 1.96. The molecule has 0 saturated carbocycles. The number of H-pyrrole nitrogens is 1. The number of hydrogen-bond donors (Lipinski definition) is 2. The zero-order chi connectivity index (χ0) is 14.5. The van der Waals surface area contributed by atoms with Gasteiger partial charge >= 0.3 is 5.97 Å². The van der Waals surface area contributed by atoms with Crippen LogP contribution in [0.5, 0.6) is 5.75 Å². The smallest absolute Gasteiger partial charge is 0.317 e. The number of carboxylic acids is 1. The van der Waals surface area contributed by atoms with E-state index in [1.807, 2.05) is 0 Å². The van der Waals surface area contributed by atoms with Crippen LogP contribution < -0.4 is 4.74 Å². The zero-order valence-electron chi connectivity index (χ0n) is 10.8. The number of nitrogens with one attached hydrogen (secondary N) is 1. The summed E-state index contributed by atoms with van der Waals surface area (Å²) in [5.41, 5.74) is 0.683. The molecule has 0 saturated heterocycles. The average Bonchev–Trinajstić information content (AvgIpc) is 2.91. The number of halogens is 1. The van der Waals surface area contributed by atoms with E-state index in [-0.39, 0.29) is 18.1 Å². The predicted molar refractivity (Wildman–Crippen MR) is 69.2 cm³/mol. The number of carboxylic acid groups (broad SMARTS) is 1. The average molecular weight is 279 g/mol. The molecule has 0 radical (unpaired) electrons. The summed E-state index contributed by atoms with van der Waals surface area (Å²) in [6.07, 6.45) is 1.61. The largest absolute Gasteiger partial charge is 0.480 e. The highest BCUT2D eigenvalue weighted by Crippen LogP contribution is 2.32. The van der Waals surface area contributed by atoms with Crippen molar-refractivity contribution in [3.8, 4) is 5.75 Å². The highest BCUT2D eigenvalue weighted by atomic mass is 19.1. The molecular weight excluding hydrogens is 265 g/mol. The van der Waals surface area contributed by atoms with Gasteiger partial charge in [-0.05, 0) is 30.3 Å². The molecule has 0 spiro atoms. The molecule has 0 aliphatic rings. The summed E-state index contributed by atoms with van der Waals surface area (Å²) in [7, 11) is 1.45. The summed E-state index contributed by atoms with van der Waals surface area (Å²) in [5, 5.41) is 9.41. The monoisotopic (exact) mass is 279 g/mol. The van der Waals surface area contributed by atoms with E-state index in [0.29, 0.717) is 5.69 Å². The lowest BCUT2D eigenvalue weighted by molar-refractivity contribution is -0.137. The zero-order valence-corrected chi connectivity index (χ0v) is 10.8. The van der Waals surface area contributed by atoms with Crippen LogP contribution in [-0.2, 0) is 9.53 Å². The molecule has 2 aromatic rings. The van der Waals surface area contributed by atoms with Gasteiger partial charge in [0, 0.05) is 24.6 Å². The normalized spacial score (nSPS) is 12.1. The fourth-order valence-corrected chi connectivity index (χ4v) is 1.96. The van der Waals surface area contributed by atoms with Crippen molar-refractivity contribution < 1.29 is 23.8 Å². The van der Waals surface area contributed by atoms with Crippen LogP contribution in [0.15, 0.2) is 36.5 Å². The van der Waals surface area contributed by atoms with E-state index in [9.17, 15) is 14.3 Å². The van der Waals surface area contributed by atoms with Crippen LogP contribution in [-0.4, -0.2) is 30.0 Å². The van der Waals surface area contributed by atoms with E-state index in [4.69, 9.17) is 9.47 Å². The van der Waals surface area contributed by atoms with E-state index in [0.717, 1.165) is 6.07 Å². The molecule has 0 aliphatic heterocycles. The van der Waals surface area contributed by atoms with Gasteiger partial charge in [0.1, 0.15) is 17.5 Å². The Labute approximate surface area is 115 Å². The van der Waals surface area contributed by atoms with Crippen LogP contribution in [0.4, 0.5) is 4.39 Å². The lowest BCUT2D eigenvalue weighted by atomic mass is 9.95. The lowest BCUT2D eigenvalue weighted by Crippen LogP contribution is -2.15. The van der Waals surface area contributed by atoms with Gasteiger partial charge < -0.3 is 19.6 Å². The Morgan fingerprint density at radius 2 is 2.25 bits per heavy atom. The van der Waals surface area contributed by atoms with Crippen LogP contribution in [0.25, 0.3) is 0 Å². The summed E-state index contributed by atoms with van der Waals surface area (Å²) < 4.78 is 23.5. The molecule has 0 aliphatic carbocycles. The van der Waals surface area contributed by atoms with Crippen LogP contribution in [0, 0.1) is 5.82 Å². The van der Waals surface area contributed by atoms with E-state index >= 15 is 0 Å². The molecule has 1 unspecified atom stereocenters. The molecule has 0 bridgehead atoms. The molecule has 2 rings (SSSR count). The molecule has 1 aromatic carbocycles. The first-order valence-electron chi connectivity index (χ1n) is 5.90. The molecule has 106 valence electrons. The molecule has 5 nitrogen and oxygen atoms in total. The molecule has 0 fully saturated rings. The number of aromatic nitrogens is 1. The standard InChI is InChI=1S/C14H14FNO4/c1-19-8-20-12-5-4-9(15)7-10(12)13(14(17)18)11-3-2-6-16-11/h2-7,13,16H,8H2,1H3,(H,17,18). The van der Waals surface area contributed by atoms with Crippen molar-refractivity contribution in [3.05, 3.63) is 53.6 Å². The Kier molecular flexibility index (Phi) is 4.37. The quantitative estimate of drug-likeness (QED) is 0.796. The maximum atomic E-state index is 13.4. The molecule has 20 heavy (non-hydrogen) atoms. The predicted octanol–water partition coefficient (Wildman–Crippen LogP) is 2.35. The maximum Gasteiger partial charge on any atom is 0.317 e. The van der Waals surface area contributed by atoms with E-state index in [2.05, 4.69) is 4.98 Å². The van der Waals surface area contributed by atoms with Crippen LogP contribution in [0.3, 0.4) is 0 Å². The molecule has 2 N–H and O–H groups in total. The van der Waals surface area contributed by atoms with Gasteiger partial charge in [0.15, 0.2) is 6.79 Å². The Hall–Kier alpha value is -2.34. The summed E-state index contributed by atoms with van der Waals surface area (Å²) in [6, 6.07) is 7.07. The second-order valence-corrected chi connectivity index (χ2v) is 4.13. The molecule has 0 amide bonds. The van der Waals surface area contributed by atoms with Crippen LogP contribution in [0.2, 0.25) is 0 Å². The van der Waals surface area contributed by atoms with Crippen molar-refractivity contribution in [1.82, 2.24) is 4.98 Å². The van der Waals surface area contributed by atoms with Crippen molar-refractivity contribution in [3.63, 3.8) is 0 Å². The first kappa shape index (κ1) is 14.1. The van der Waals surface area contributed by atoms with Crippen LogP contribution in [0.1, 0.15) is 17.2 Å². The minimum Gasteiger partial charge on any atom is -0.480 e. The summed E-state index contributed by atoms with van der Waals surface area (Å²) in [4.78, 5) is 14.3. The van der Waals surface area contributed by atoms with Gasteiger partial charge in [-0.2, -0.15) is 0 Å². The Morgan fingerprint density at radius 1 is 1.45 bits per heavy atom. The number of carbonyl (C=O) groups is 1. The summed E-state index contributed by atoms with van der Waals surface area (Å²) >= 11 is 0. The fraction of sp³-hybridized carbons (Fsp3) is 0.214. The SMILES string of the molecule is COCOc1ccc(F)cc1C(C(=O)O)c1ccc[nH]1. The number of methoxy groups -OCH3 is 1. The number of benzene rings is 1. The van der Waals surface area contributed by atoms with Crippen molar-refractivity contribution in [2.45, 2.75) is 5.92 Å². The minimum atomic E-state index is -1.10. The number of aromatic amines is 1. The Bertz CT molecular complexity index is 583. The van der Waals surface area contributed by atoms with Crippen molar-refractivity contribution >= 4 is 5.97 Å². The van der Waals surface area contributed by atoms with Gasteiger partial charge in [-0.3, -0.25) is 4.79 Å². The third-order valence-corrected chi connectivity index (χ3v) is 2.80. The second-order valence-electron chi connectivity index (χ2n) is 4.13. The lowest BCUT2D eigenvalue weighted by Gasteiger charge is -2.16. The van der Waals surface area contributed by atoms with Crippen molar-refractivity contribution in [1.29, 1.82) is 0 Å². The Morgan fingerprint density at radius 3 is 2.85 bits per heavy atom. The van der Waals surface area contributed by atoms with Gasteiger partial charge in [-0.1, -0.05) is 0 Å². The summed E-state index contributed by atoms with van der Waals surface area (Å²) in [6.45, 7) is -0.0459. The number of hydrogen-bond acceptors (Lipinski definition) is 3. The van der Waals surface area contributed by atoms with E-state index in [1.54, 1.807) is 18.3 Å². The minimum absolute atomic E-state index is 0.0459. The molecule has 1 aromatic heterocycles. The second kappa shape index (κ2) is 6.21.